The molecule has 1 saturated carbocycles. The van der Waals surface area contributed by atoms with Crippen LogP contribution in [0.4, 0.5) is 10.1 Å². The molecule has 4 nitrogen and oxygen atoms in total. The van der Waals surface area contributed by atoms with Crippen molar-refractivity contribution in [3.8, 4) is 0 Å². The lowest BCUT2D eigenvalue weighted by molar-refractivity contribution is -0.0300. The van der Waals surface area contributed by atoms with Crippen LogP contribution in [0.5, 0.6) is 0 Å². The Bertz CT molecular complexity index is 489. The Kier molecular flexibility index (Phi) is 3.59. The number of hydrogen-bond acceptors (Lipinski definition) is 3. The lowest BCUT2D eigenvalue weighted by Crippen LogP contribution is -2.47. The summed E-state index contributed by atoms with van der Waals surface area (Å²) >= 11 is 3.11. The number of nitrogen functional groups attached to an aromatic ring is 1. The second-order valence-electron chi connectivity index (χ2n) is 4.61. The van der Waals surface area contributed by atoms with Crippen molar-refractivity contribution in [3.05, 3.63) is 28.0 Å². The summed E-state index contributed by atoms with van der Waals surface area (Å²) in [6.07, 6.45) is 2.36. The van der Waals surface area contributed by atoms with Gasteiger partial charge in [-0.15, -0.1) is 0 Å². The zero-order valence-electron chi connectivity index (χ0n) is 9.67. The van der Waals surface area contributed by atoms with Gasteiger partial charge in [-0.25, -0.2) is 4.39 Å². The number of rotatable bonds is 3. The molecule has 1 aromatic carbocycles. The Morgan fingerprint density at radius 3 is 2.78 bits per heavy atom. The van der Waals surface area contributed by atoms with E-state index in [1.54, 1.807) is 0 Å². The van der Waals surface area contributed by atoms with Gasteiger partial charge in [0.15, 0.2) is 0 Å². The smallest absolute Gasteiger partial charge is 0.252 e. The topological polar surface area (TPSA) is 75.4 Å². The van der Waals surface area contributed by atoms with Gasteiger partial charge in [0.25, 0.3) is 5.91 Å². The number of benzene rings is 1. The molecule has 0 saturated heterocycles. The van der Waals surface area contributed by atoms with E-state index in [1.165, 1.54) is 6.07 Å². The Hall–Kier alpha value is -1.14. The summed E-state index contributed by atoms with van der Waals surface area (Å²) in [4.78, 5) is 11.9. The summed E-state index contributed by atoms with van der Waals surface area (Å²) in [5, 5.41) is 12.5. The first-order valence-corrected chi connectivity index (χ1v) is 6.46. The Labute approximate surface area is 112 Å². The maximum atomic E-state index is 13.1. The van der Waals surface area contributed by atoms with Crippen LogP contribution in [0.25, 0.3) is 0 Å². The van der Waals surface area contributed by atoms with Gasteiger partial charge in [0.2, 0.25) is 0 Å². The highest BCUT2D eigenvalue weighted by Gasteiger charge is 2.34. The molecule has 1 amide bonds. The predicted molar refractivity (Wildman–Crippen MR) is 69.6 cm³/mol. The van der Waals surface area contributed by atoms with E-state index in [4.69, 9.17) is 5.73 Å². The van der Waals surface area contributed by atoms with E-state index in [0.29, 0.717) is 17.3 Å². The zero-order valence-corrected chi connectivity index (χ0v) is 11.3. The molecule has 0 unspecified atom stereocenters. The summed E-state index contributed by atoms with van der Waals surface area (Å²) in [7, 11) is 0. The predicted octanol–water partition coefficient (Wildman–Crippen LogP) is 1.82. The SMILES string of the molecule is Nc1cc(C(=O)NCC2(O)CCC2)c(Br)cc1F. The molecule has 6 heteroatoms. The van der Waals surface area contributed by atoms with Crippen LogP contribution in [-0.4, -0.2) is 23.2 Å². The number of carbonyl (C=O) groups is 1. The van der Waals surface area contributed by atoms with Crippen molar-refractivity contribution >= 4 is 27.5 Å². The largest absolute Gasteiger partial charge is 0.396 e. The minimum Gasteiger partial charge on any atom is -0.396 e. The number of anilines is 1. The van der Waals surface area contributed by atoms with E-state index in [1.807, 2.05) is 0 Å². The van der Waals surface area contributed by atoms with E-state index in [9.17, 15) is 14.3 Å². The van der Waals surface area contributed by atoms with Crippen molar-refractivity contribution in [1.82, 2.24) is 5.32 Å². The molecule has 98 valence electrons. The average molecular weight is 317 g/mol. The standard InChI is InChI=1S/C12H14BrFN2O2/c13-8-5-9(14)10(15)4-7(8)11(17)16-6-12(18)2-1-3-12/h4-5,18H,1-3,6,15H2,(H,16,17). The van der Waals surface area contributed by atoms with Gasteiger partial charge in [-0.2, -0.15) is 0 Å². The lowest BCUT2D eigenvalue weighted by Gasteiger charge is -2.36. The van der Waals surface area contributed by atoms with Crippen LogP contribution >= 0.6 is 15.9 Å². The zero-order chi connectivity index (χ0) is 13.3. The van der Waals surface area contributed by atoms with E-state index >= 15 is 0 Å². The summed E-state index contributed by atoms with van der Waals surface area (Å²) in [5.74, 6) is -0.954. The molecular weight excluding hydrogens is 303 g/mol. The van der Waals surface area contributed by atoms with Crippen molar-refractivity contribution in [2.24, 2.45) is 0 Å². The van der Waals surface area contributed by atoms with E-state index < -0.39 is 11.4 Å². The number of nitrogens with one attached hydrogen (secondary N) is 1. The Balaban J connectivity index is 2.06. The molecule has 1 aliphatic rings. The van der Waals surface area contributed by atoms with Crippen molar-refractivity contribution in [2.75, 3.05) is 12.3 Å². The number of carbonyl (C=O) groups excluding carboxylic acids is 1. The molecule has 0 bridgehead atoms. The van der Waals surface area contributed by atoms with Crippen molar-refractivity contribution in [3.63, 3.8) is 0 Å². The number of nitrogens with two attached hydrogens (primary N) is 1. The molecule has 0 radical (unpaired) electrons. The summed E-state index contributed by atoms with van der Waals surface area (Å²) in [6.45, 7) is 0.204. The van der Waals surface area contributed by atoms with Crippen molar-refractivity contribution in [1.29, 1.82) is 0 Å². The maximum absolute atomic E-state index is 13.1. The van der Waals surface area contributed by atoms with Gasteiger partial charge in [-0.05, 0) is 47.3 Å². The third-order valence-electron chi connectivity index (χ3n) is 3.19. The minimum atomic E-state index is -0.784. The van der Waals surface area contributed by atoms with Crippen LogP contribution in [0.15, 0.2) is 16.6 Å². The number of hydrogen-bond donors (Lipinski definition) is 3. The number of halogens is 2. The van der Waals surface area contributed by atoms with E-state index in [2.05, 4.69) is 21.2 Å². The third kappa shape index (κ3) is 2.64. The first-order chi connectivity index (χ1) is 8.41. The second kappa shape index (κ2) is 4.85. The summed E-state index contributed by atoms with van der Waals surface area (Å²) < 4.78 is 13.5. The molecule has 4 N–H and O–H groups in total. The monoisotopic (exact) mass is 316 g/mol. The molecule has 2 rings (SSSR count). The van der Waals surface area contributed by atoms with Gasteiger partial charge in [0.05, 0.1) is 16.9 Å². The quantitative estimate of drug-likeness (QED) is 0.744. The molecule has 0 heterocycles. The molecule has 1 aromatic rings. The van der Waals surface area contributed by atoms with Crippen LogP contribution in [0.1, 0.15) is 29.6 Å². The van der Waals surface area contributed by atoms with Crippen molar-refractivity contribution < 1.29 is 14.3 Å². The van der Waals surface area contributed by atoms with Gasteiger partial charge in [0, 0.05) is 11.0 Å². The normalized spacial score (nSPS) is 17.1. The second-order valence-corrected chi connectivity index (χ2v) is 5.47. The highest BCUT2D eigenvalue weighted by molar-refractivity contribution is 9.10. The molecule has 0 atom stereocenters. The average Bonchev–Trinajstić information content (AvgIpc) is 2.28. The van der Waals surface area contributed by atoms with Crippen LogP contribution in [-0.2, 0) is 0 Å². The van der Waals surface area contributed by atoms with Crippen LogP contribution in [0, 0.1) is 5.82 Å². The molecule has 18 heavy (non-hydrogen) atoms. The molecule has 1 fully saturated rings. The van der Waals surface area contributed by atoms with Gasteiger partial charge in [-0.3, -0.25) is 4.79 Å². The Morgan fingerprint density at radius 2 is 2.22 bits per heavy atom. The maximum Gasteiger partial charge on any atom is 0.252 e. The van der Waals surface area contributed by atoms with Crippen LogP contribution < -0.4 is 11.1 Å². The molecule has 0 aromatic heterocycles. The lowest BCUT2D eigenvalue weighted by atomic mass is 9.80. The van der Waals surface area contributed by atoms with Crippen LogP contribution in [0.2, 0.25) is 0 Å². The van der Waals surface area contributed by atoms with Gasteiger partial charge in [-0.1, -0.05) is 0 Å². The molecular formula is C12H14BrFN2O2. The van der Waals surface area contributed by atoms with E-state index in [0.717, 1.165) is 12.5 Å². The van der Waals surface area contributed by atoms with E-state index in [-0.39, 0.29) is 23.7 Å². The number of aliphatic hydroxyl groups is 1. The number of amides is 1. The van der Waals surface area contributed by atoms with Crippen LogP contribution in [0.3, 0.4) is 0 Å². The highest BCUT2D eigenvalue weighted by Crippen LogP contribution is 2.31. The van der Waals surface area contributed by atoms with Gasteiger partial charge >= 0.3 is 0 Å². The third-order valence-corrected chi connectivity index (χ3v) is 3.85. The van der Waals surface area contributed by atoms with Gasteiger partial charge < -0.3 is 16.2 Å². The summed E-state index contributed by atoms with van der Waals surface area (Å²) in [5.41, 5.74) is 4.82. The minimum absolute atomic E-state index is 0.0781. The fraction of sp³-hybridized carbons (Fsp3) is 0.417. The first-order valence-electron chi connectivity index (χ1n) is 5.66. The summed E-state index contributed by atoms with van der Waals surface area (Å²) in [6, 6.07) is 2.43. The highest BCUT2D eigenvalue weighted by atomic mass is 79.9. The molecule has 0 spiro atoms. The van der Waals surface area contributed by atoms with Gasteiger partial charge in [0.1, 0.15) is 5.82 Å². The fourth-order valence-electron chi connectivity index (χ4n) is 1.84. The fourth-order valence-corrected chi connectivity index (χ4v) is 2.34. The first kappa shape index (κ1) is 13.3. The Morgan fingerprint density at radius 1 is 1.56 bits per heavy atom. The van der Waals surface area contributed by atoms with Crippen molar-refractivity contribution in [2.45, 2.75) is 24.9 Å². The molecule has 1 aliphatic carbocycles. The molecule has 0 aliphatic heterocycles.